The molecule has 0 aromatic carbocycles. The van der Waals surface area contributed by atoms with E-state index < -0.39 is 0 Å². The molecule has 0 fully saturated rings. The highest BCUT2D eigenvalue weighted by Crippen LogP contribution is 2.11. The van der Waals surface area contributed by atoms with E-state index in [2.05, 4.69) is 41.2 Å². The number of hydrogen-bond donors (Lipinski definition) is 1. The first-order chi connectivity index (χ1) is 8.44. The Morgan fingerprint density at radius 3 is 2.67 bits per heavy atom. The van der Waals surface area contributed by atoms with Gasteiger partial charge in [-0.2, -0.15) is 5.10 Å². The summed E-state index contributed by atoms with van der Waals surface area (Å²) in [5.74, 6) is 0.670. The summed E-state index contributed by atoms with van der Waals surface area (Å²) in [6.07, 6.45) is 3.66. The van der Waals surface area contributed by atoms with Gasteiger partial charge in [0.1, 0.15) is 5.69 Å². The summed E-state index contributed by atoms with van der Waals surface area (Å²) in [7, 11) is 1.88. The fourth-order valence-electron chi connectivity index (χ4n) is 1.51. The zero-order chi connectivity index (χ0) is 13.2. The molecule has 0 unspecified atom stereocenters. The molecular weight excluding hydrogens is 226 g/mol. The Kier molecular flexibility index (Phi) is 3.43. The van der Waals surface area contributed by atoms with Crippen LogP contribution in [0.15, 0.2) is 24.5 Å². The average Bonchev–Trinajstić information content (AvgIpc) is 2.73. The molecule has 0 aliphatic carbocycles. The summed E-state index contributed by atoms with van der Waals surface area (Å²) in [4.78, 5) is 8.76. The lowest BCUT2D eigenvalue weighted by Gasteiger charge is -2.20. The molecule has 18 heavy (non-hydrogen) atoms. The van der Waals surface area contributed by atoms with Crippen molar-refractivity contribution in [3.05, 3.63) is 30.2 Å². The monoisotopic (exact) mass is 245 g/mol. The SMILES string of the molecule is Cn1ccc(-c2nccc(CNC(C)(C)C)n2)n1. The van der Waals surface area contributed by atoms with Crippen LogP contribution in [0.3, 0.4) is 0 Å². The zero-order valence-electron chi connectivity index (χ0n) is 11.3. The standard InChI is InChI=1S/C13H19N5/c1-13(2,3)15-9-10-5-7-14-12(16-10)11-6-8-18(4)17-11/h5-8,15H,9H2,1-4H3. The van der Waals surface area contributed by atoms with Gasteiger partial charge in [0.25, 0.3) is 0 Å². The Balaban J connectivity index is 2.15. The molecule has 0 saturated heterocycles. The van der Waals surface area contributed by atoms with Gasteiger partial charge >= 0.3 is 0 Å². The van der Waals surface area contributed by atoms with Gasteiger partial charge in [-0.15, -0.1) is 0 Å². The molecule has 0 atom stereocenters. The molecule has 96 valence electrons. The van der Waals surface area contributed by atoms with E-state index in [9.17, 15) is 0 Å². The van der Waals surface area contributed by atoms with Gasteiger partial charge in [-0.3, -0.25) is 4.68 Å². The van der Waals surface area contributed by atoms with Crippen molar-refractivity contribution in [2.45, 2.75) is 32.9 Å². The largest absolute Gasteiger partial charge is 0.306 e. The van der Waals surface area contributed by atoms with Crippen LogP contribution < -0.4 is 5.32 Å². The lowest BCUT2D eigenvalue weighted by Crippen LogP contribution is -2.35. The van der Waals surface area contributed by atoms with Crippen molar-refractivity contribution in [3.63, 3.8) is 0 Å². The lowest BCUT2D eigenvalue weighted by molar-refractivity contribution is 0.421. The van der Waals surface area contributed by atoms with Gasteiger partial charge in [0.15, 0.2) is 5.82 Å². The number of aryl methyl sites for hydroxylation is 1. The van der Waals surface area contributed by atoms with Crippen LogP contribution in [0, 0.1) is 0 Å². The van der Waals surface area contributed by atoms with Crippen molar-refractivity contribution in [1.29, 1.82) is 0 Å². The van der Waals surface area contributed by atoms with Crippen molar-refractivity contribution < 1.29 is 0 Å². The van der Waals surface area contributed by atoms with Crippen LogP contribution in [0.5, 0.6) is 0 Å². The van der Waals surface area contributed by atoms with Crippen LogP contribution in [-0.2, 0) is 13.6 Å². The number of rotatable bonds is 3. The number of hydrogen-bond acceptors (Lipinski definition) is 4. The van der Waals surface area contributed by atoms with Crippen LogP contribution in [-0.4, -0.2) is 25.3 Å². The molecule has 2 rings (SSSR count). The minimum atomic E-state index is 0.0795. The van der Waals surface area contributed by atoms with E-state index in [4.69, 9.17) is 0 Å². The van der Waals surface area contributed by atoms with E-state index in [0.29, 0.717) is 5.82 Å². The predicted octanol–water partition coefficient (Wildman–Crippen LogP) is 1.77. The molecule has 0 aliphatic heterocycles. The highest BCUT2D eigenvalue weighted by molar-refractivity contribution is 5.47. The van der Waals surface area contributed by atoms with Crippen LogP contribution >= 0.6 is 0 Å². The van der Waals surface area contributed by atoms with Crippen LogP contribution in [0.4, 0.5) is 0 Å². The van der Waals surface area contributed by atoms with E-state index in [1.165, 1.54) is 0 Å². The third kappa shape index (κ3) is 3.37. The molecule has 0 radical (unpaired) electrons. The number of aromatic nitrogens is 4. The van der Waals surface area contributed by atoms with Crippen molar-refractivity contribution in [1.82, 2.24) is 25.1 Å². The smallest absolute Gasteiger partial charge is 0.180 e. The maximum atomic E-state index is 4.51. The minimum absolute atomic E-state index is 0.0795. The van der Waals surface area contributed by atoms with Crippen LogP contribution in [0.1, 0.15) is 26.5 Å². The zero-order valence-corrected chi connectivity index (χ0v) is 11.3. The molecule has 1 N–H and O–H groups in total. The second kappa shape index (κ2) is 4.86. The van der Waals surface area contributed by atoms with Crippen molar-refractivity contribution in [2.75, 3.05) is 0 Å². The van der Waals surface area contributed by atoms with E-state index in [-0.39, 0.29) is 5.54 Å². The molecule has 0 bridgehead atoms. The van der Waals surface area contributed by atoms with E-state index >= 15 is 0 Å². The van der Waals surface area contributed by atoms with Gasteiger partial charge in [-0.25, -0.2) is 9.97 Å². The average molecular weight is 245 g/mol. The van der Waals surface area contributed by atoms with Crippen molar-refractivity contribution in [2.24, 2.45) is 7.05 Å². The highest BCUT2D eigenvalue weighted by atomic mass is 15.3. The first-order valence-corrected chi connectivity index (χ1v) is 6.01. The van der Waals surface area contributed by atoms with Crippen LogP contribution in [0.2, 0.25) is 0 Å². The molecule has 0 amide bonds. The van der Waals surface area contributed by atoms with Crippen molar-refractivity contribution in [3.8, 4) is 11.5 Å². The summed E-state index contributed by atoms with van der Waals surface area (Å²) >= 11 is 0. The van der Waals surface area contributed by atoms with Crippen molar-refractivity contribution >= 4 is 0 Å². The van der Waals surface area contributed by atoms with Gasteiger partial charge in [0.2, 0.25) is 0 Å². The Bertz CT molecular complexity index is 524. The first-order valence-electron chi connectivity index (χ1n) is 6.01. The quantitative estimate of drug-likeness (QED) is 0.895. The minimum Gasteiger partial charge on any atom is -0.306 e. The van der Waals surface area contributed by atoms with Gasteiger partial charge in [-0.05, 0) is 32.9 Å². The van der Waals surface area contributed by atoms with Gasteiger partial charge in [0, 0.05) is 31.5 Å². The Hall–Kier alpha value is -1.75. The number of nitrogens with zero attached hydrogens (tertiary/aromatic N) is 4. The molecule has 0 aliphatic rings. The fraction of sp³-hybridized carbons (Fsp3) is 0.462. The first kappa shape index (κ1) is 12.7. The number of nitrogens with one attached hydrogen (secondary N) is 1. The van der Waals surface area contributed by atoms with E-state index in [1.54, 1.807) is 10.9 Å². The molecule has 2 aromatic rings. The summed E-state index contributed by atoms with van der Waals surface area (Å²) in [5.41, 5.74) is 1.85. The van der Waals surface area contributed by atoms with Gasteiger partial charge in [0.05, 0.1) is 5.69 Å². The molecule has 2 aromatic heterocycles. The highest BCUT2D eigenvalue weighted by Gasteiger charge is 2.10. The predicted molar refractivity (Wildman–Crippen MR) is 70.8 cm³/mol. The summed E-state index contributed by atoms with van der Waals surface area (Å²) in [5, 5.41) is 7.71. The van der Waals surface area contributed by atoms with Gasteiger partial charge < -0.3 is 5.32 Å². The third-order valence-electron chi connectivity index (χ3n) is 2.46. The molecule has 5 nitrogen and oxygen atoms in total. The molecular formula is C13H19N5. The molecule has 0 spiro atoms. The van der Waals surface area contributed by atoms with Gasteiger partial charge in [-0.1, -0.05) is 0 Å². The molecule has 0 saturated carbocycles. The maximum absolute atomic E-state index is 4.51. The molecule has 2 heterocycles. The Labute approximate surface area is 107 Å². The van der Waals surface area contributed by atoms with Crippen LogP contribution in [0.25, 0.3) is 11.5 Å². The summed E-state index contributed by atoms with van der Waals surface area (Å²) in [6, 6.07) is 3.83. The Morgan fingerprint density at radius 2 is 2.06 bits per heavy atom. The maximum Gasteiger partial charge on any atom is 0.180 e. The normalized spacial score (nSPS) is 11.8. The topological polar surface area (TPSA) is 55.6 Å². The third-order valence-corrected chi connectivity index (χ3v) is 2.46. The second-order valence-corrected chi connectivity index (χ2v) is 5.35. The fourth-order valence-corrected chi connectivity index (χ4v) is 1.51. The van der Waals surface area contributed by atoms with E-state index in [0.717, 1.165) is 17.9 Å². The lowest BCUT2D eigenvalue weighted by atomic mass is 10.1. The molecule has 5 heteroatoms. The Morgan fingerprint density at radius 1 is 1.28 bits per heavy atom. The summed E-state index contributed by atoms with van der Waals surface area (Å²) < 4.78 is 1.75. The summed E-state index contributed by atoms with van der Waals surface area (Å²) in [6.45, 7) is 7.13. The second-order valence-electron chi connectivity index (χ2n) is 5.35. The van der Waals surface area contributed by atoms with E-state index in [1.807, 2.05) is 25.4 Å².